The van der Waals surface area contributed by atoms with E-state index >= 15 is 0 Å². The van der Waals surface area contributed by atoms with Gasteiger partial charge in [-0.05, 0) is 43.8 Å². The van der Waals surface area contributed by atoms with E-state index in [1.165, 1.54) is 17.4 Å². The monoisotopic (exact) mass is 495 g/mol. The Morgan fingerprint density at radius 2 is 1.91 bits per heavy atom. The average Bonchev–Trinajstić information content (AvgIpc) is 3.45. The van der Waals surface area contributed by atoms with Gasteiger partial charge in [0.2, 0.25) is 6.79 Å². The largest absolute Gasteiger partial charge is 0.454 e. The summed E-state index contributed by atoms with van der Waals surface area (Å²) in [5, 5.41) is 15.0. The number of hydrogen-bond donors (Lipinski definition) is 1. The number of nitro groups is 1. The first-order chi connectivity index (χ1) is 16.9. The first kappa shape index (κ1) is 23.1. The smallest absolute Gasteiger partial charge is 0.293 e. The number of fused-ring (bicyclic) bond motifs is 1. The molecular formula is C24H25N5O5S. The van der Waals surface area contributed by atoms with E-state index in [4.69, 9.17) is 9.47 Å². The number of hydrogen-bond acceptors (Lipinski definition) is 9. The van der Waals surface area contributed by atoms with Gasteiger partial charge in [0.15, 0.2) is 16.6 Å². The van der Waals surface area contributed by atoms with Crippen molar-refractivity contribution in [3.05, 3.63) is 68.2 Å². The normalized spacial score (nSPS) is 15.3. The number of nitro benzene ring substituents is 1. The molecule has 11 heteroatoms. The molecular weight excluding hydrogens is 470 g/mol. The molecule has 182 valence electrons. The number of aromatic nitrogens is 1. The van der Waals surface area contributed by atoms with Crippen LogP contribution in [0.1, 0.15) is 26.5 Å². The van der Waals surface area contributed by atoms with Crippen molar-refractivity contribution in [2.75, 3.05) is 50.2 Å². The number of rotatable bonds is 6. The molecule has 1 saturated heterocycles. The molecule has 0 bridgehead atoms. The molecule has 35 heavy (non-hydrogen) atoms. The van der Waals surface area contributed by atoms with Crippen molar-refractivity contribution >= 4 is 33.8 Å². The molecule has 3 heterocycles. The van der Waals surface area contributed by atoms with Crippen LogP contribution in [-0.2, 0) is 6.42 Å². The third-order valence-corrected chi connectivity index (χ3v) is 7.27. The van der Waals surface area contributed by atoms with Crippen molar-refractivity contribution in [3.8, 4) is 11.5 Å². The summed E-state index contributed by atoms with van der Waals surface area (Å²) in [5.41, 5.74) is 2.56. The molecule has 1 N–H and O–H groups in total. The number of aryl methyl sites for hydroxylation is 1. The summed E-state index contributed by atoms with van der Waals surface area (Å²) >= 11 is 1.39. The molecule has 0 aliphatic carbocycles. The van der Waals surface area contributed by atoms with Gasteiger partial charge in [0.05, 0.1) is 10.6 Å². The summed E-state index contributed by atoms with van der Waals surface area (Å²) in [4.78, 5) is 33.9. The lowest BCUT2D eigenvalue weighted by molar-refractivity contribution is -0.384. The summed E-state index contributed by atoms with van der Waals surface area (Å²) < 4.78 is 10.8. The number of benzene rings is 2. The number of likely N-dealkylation sites (N-methyl/N-ethyl adjacent to an activating group) is 1. The Labute approximate surface area is 206 Å². The van der Waals surface area contributed by atoms with Gasteiger partial charge in [0, 0.05) is 49.1 Å². The van der Waals surface area contributed by atoms with E-state index in [0.29, 0.717) is 30.3 Å². The van der Waals surface area contributed by atoms with E-state index in [1.54, 1.807) is 12.1 Å². The van der Waals surface area contributed by atoms with E-state index in [9.17, 15) is 14.9 Å². The van der Waals surface area contributed by atoms with E-state index in [1.807, 2.05) is 37.1 Å². The van der Waals surface area contributed by atoms with Gasteiger partial charge in [-0.1, -0.05) is 6.07 Å². The molecule has 0 radical (unpaired) electrons. The number of carbonyl (C=O) groups excluding carboxylic acids is 1. The zero-order valence-corrected chi connectivity index (χ0v) is 20.3. The fourth-order valence-corrected chi connectivity index (χ4v) is 5.17. The summed E-state index contributed by atoms with van der Waals surface area (Å²) in [6.07, 6.45) is 0.640. The van der Waals surface area contributed by atoms with Crippen LogP contribution in [0.4, 0.5) is 16.5 Å². The van der Waals surface area contributed by atoms with Gasteiger partial charge in [-0.15, -0.1) is 11.3 Å². The molecule has 5 rings (SSSR count). The van der Waals surface area contributed by atoms with Gasteiger partial charge in [-0.3, -0.25) is 20.2 Å². The molecule has 0 saturated carbocycles. The maximum absolute atomic E-state index is 12.9. The quantitative estimate of drug-likeness (QED) is 0.407. The number of thiazole rings is 1. The predicted octanol–water partition coefficient (Wildman–Crippen LogP) is 3.68. The van der Waals surface area contributed by atoms with Gasteiger partial charge in [0.1, 0.15) is 5.69 Å². The van der Waals surface area contributed by atoms with Crippen molar-refractivity contribution in [2.45, 2.75) is 13.3 Å². The second kappa shape index (κ2) is 9.51. The Balaban J connectivity index is 1.30. The van der Waals surface area contributed by atoms with Crippen LogP contribution in [0.3, 0.4) is 0 Å². The fourth-order valence-electron chi connectivity index (χ4n) is 4.18. The van der Waals surface area contributed by atoms with Crippen molar-refractivity contribution in [1.29, 1.82) is 0 Å². The van der Waals surface area contributed by atoms with Gasteiger partial charge < -0.3 is 19.3 Å². The van der Waals surface area contributed by atoms with Crippen LogP contribution in [0.25, 0.3) is 0 Å². The van der Waals surface area contributed by atoms with Crippen LogP contribution >= 0.6 is 11.3 Å². The van der Waals surface area contributed by atoms with Crippen LogP contribution in [0, 0.1) is 17.0 Å². The number of anilines is 2. The molecule has 1 fully saturated rings. The van der Waals surface area contributed by atoms with Crippen molar-refractivity contribution in [2.24, 2.45) is 0 Å². The van der Waals surface area contributed by atoms with E-state index in [2.05, 4.69) is 15.2 Å². The third kappa shape index (κ3) is 4.91. The number of nitrogens with zero attached hydrogens (tertiary/aromatic N) is 4. The van der Waals surface area contributed by atoms with E-state index < -0.39 is 10.8 Å². The minimum Gasteiger partial charge on any atom is -0.454 e. The van der Waals surface area contributed by atoms with Crippen LogP contribution < -0.4 is 19.7 Å². The van der Waals surface area contributed by atoms with Crippen LogP contribution in [0.15, 0.2) is 36.4 Å². The summed E-state index contributed by atoms with van der Waals surface area (Å²) in [6.45, 7) is 5.18. The molecule has 1 amide bonds. The van der Waals surface area contributed by atoms with Crippen LogP contribution in [-0.4, -0.2) is 60.7 Å². The minimum atomic E-state index is -0.429. The van der Waals surface area contributed by atoms with Gasteiger partial charge in [0.25, 0.3) is 11.6 Å². The standard InChI is InChI=1S/C24H25N5O5S/c1-15-22(12-16-3-6-20-21(11-16)34-14-33-20)35-24(25-15)26-23(30)17-4-5-18(19(13-17)29(31)32)28-9-7-27(2)8-10-28/h3-6,11,13H,7-10,12,14H2,1-2H3,(H,25,26,30). The van der Waals surface area contributed by atoms with E-state index in [0.717, 1.165) is 40.7 Å². The zero-order chi connectivity index (χ0) is 24.5. The lowest BCUT2D eigenvalue weighted by Gasteiger charge is -2.33. The number of carbonyl (C=O) groups is 1. The maximum atomic E-state index is 12.9. The van der Waals surface area contributed by atoms with Crippen molar-refractivity contribution < 1.29 is 19.2 Å². The summed E-state index contributed by atoms with van der Waals surface area (Å²) in [6, 6.07) is 10.4. The Kier molecular flexibility index (Phi) is 6.27. The number of nitrogens with one attached hydrogen (secondary N) is 1. The maximum Gasteiger partial charge on any atom is 0.293 e. The van der Waals surface area contributed by atoms with Crippen molar-refractivity contribution in [3.63, 3.8) is 0 Å². The van der Waals surface area contributed by atoms with Crippen molar-refractivity contribution in [1.82, 2.24) is 9.88 Å². The minimum absolute atomic E-state index is 0.0685. The predicted molar refractivity (Wildman–Crippen MR) is 133 cm³/mol. The Bertz CT molecular complexity index is 1290. The first-order valence-corrected chi connectivity index (χ1v) is 12.1. The Morgan fingerprint density at radius 3 is 2.69 bits per heavy atom. The van der Waals surface area contributed by atoms with E-state index in [-0.39, 0.29) is 18.0 Å². The lowest BCUT2D eigenvalue weighted by Crippen LogP contribution is -2.44. The number of ether oxygens (including phenoxy) is 2. The zero-order valence-electron chi connectivity index (χ0n) is 19.4. The average molecular weight is 496 g/mol. The summed E-state index contributed by atoms with van der Waals surface area (Å²) in [5.74, 6) is 1.02. The van der Waals surface area contributed by atoms with Gasteiger partial charge >= 0.3 is 0 Å². The lowest BCUT2D eigenvalue weighted by atomic mass is 10.1. The Morgan fingerprint density at radius 1 is 1.14 bits per heavy atom. The topological polar surface area (TPSA) is 110 Å². The molecule has 2 aromatic carbocycles. The first-order valence-electron chi connectivity index (χ1n) is 11.3. The fraction of sp³-hybridized carbons (Fsp3) is 0.333. The molecule has 0 unspecified atom stereocenters. The molecule has 2 aliphatic heterocycles. The second-order valence-corrected chi connectivity index (χ2v) is 9.68. The molecule has 10 nitrogen and oxygen atoms in total. The van der Waals surface area contributed by atoms with Crippen LogP contribution in [0.5, 0.6) is 11.5 Å². The Hall–Kier alpha value is -3.70. The molecule has 2 aliphatic rings. The van der Waals surface area contributed by atoms with Gasteiger partial charge in [-0.2, -0.15) is 0 Å². The highest BCUT2D eigenvalue weighted by atomic mass is 32.1. The van der Waals surface area contributed by atoms with Crippen LogP contribution in [0.2, 0.25) is 0 Å². The number of piperazine rings is 1. The molecule has 0 atom stereocenters. The summed E-state index contributed by atoms with van der Waals surface area (Å²) in [7, 11) is 2.03. The highest BCUT2D eigenvalue weighted by molar-refractivity contribution is 7.15. The third-order valence-electron chi connectivity index (χ3n) is 6.19. The molecule has 1 aromatic heterocycles. The SMILES string of the molecule is Cc1nc(NC(=O)c2ccc(N3CCN(C)CC3)c([N+](=O)[O-])c2)sc1Cc1ccc2c(c1)OCO2. The highest BCUT2D eigenvalue weighted by Gasteiger charge is 2.25. The van der Waals surface area contributed by atoms with Gasteiger partial charge in [-0.25, -0.2) is 4.98 Å². The number of amides is 1. The highest BCUT2D eigenvalue weighted by Crippen LogP contribution is 2.35. The molecule has 3 aromatic rings. The molecule has 0 spiro atoms. The second-order valence-electron chi connectivity index (χ2n) is 8.60.